The number of benzene rings is 1. The van der Waals surface area contributed by atoms with Gasteiger partial charge in [0.05, 0.1) is 0 Å². The summed E-state index contributed by atoms with van der Waals surface area (Å²) in [4.78, 5) is 0. The monoisotopic (exact) mass is 354 g/mol. The first-order valence-corrected chi connectivity index (χ1v) is 10.2. The van der Waals surface area contributed by atoms with E-state index in [9.17, 15) is 5.11 Å². The summed E-state index contributed by atoms with van der Waals surface area (Å²) in [7, 11) is 0. The topological polar surface area (TPSA) is 29.5 Å². The number of allylic oxidation sites excluding steroid dienone is 3. The first-order valence-electron chi connectivity index (χ1n) is 10.2. The van der Waals surface area contributed by atoms with Crippen molar-refractivity contribution in [3.8, 4) is 11.5 Å². The van der Waals surface area contributed by atoms with Gasteiger partial charge >= 0.3 is 0 Å². The van der Waals surface area contributed by atoms with Crippen LogP contribution in [0.25, 0.3) is 0 Å². The van der Waals surface area contributed by atoms with Crippen molar-refractivity contribution in [3.05, 3.63) is 47.1 Å². The number of aryl methyl sites for hydroxylation is 1. The molecule has 1 heterocycles. The summed E-state index contributed by atoms with van der Waals surface area (Å²) in [5, 5.41) is 11.2. The first kappa shape index (κ1) is 19.1. The van der Waals surface area contributed by atoms with E-state index in [0.717, 1.165) is 42.6 Å². The highest BCUT2D eigenvalue weighted by Crippen LogP contribution is 2.54. The Bertz CT molecular complexity index is 711. The zero-order valence-electron chi connectivity index (χ0n) is 16.9. The number of ether oxygens (including phenoxy) is 1. The molecule has 0 fully saturated rings. The lowest BCUT2D eigenvalue weighted by Gasteiger charge is -2.46. The summed E-state index contributed by atoms with van der Waals surface area (Å²) in [6.45, 7) is 12.7. The van der Waals surface area contributed by atoms with Gasteiger partial charge < -0.3 is 9.84 Å². The third-order valence-corrected chi connectivity index (χ3v) is 6.24. The maximum atomic E-state index is 11.2. The van der Waals surface area contributed by atoms with Crippen LogP contribution in [0.3, 0.4) is 0 Å². The SMILES string of the molecule is C=CCc1c(CCCCC)cc2c(c1O)[C@@H]1C=C(C)CC[C@H]1C(C)(C)O2. The van der Waals surface area contributed by atoms with Gasteiger partial charge in [0, 0.05) is 23.0 Å². The number of hydrogen-bond donors (Lipinski definition) is 1. The number of phenols is 1. The second-order valence-electron chi connectivity index (χ2n) is 8.61. The van der Waals surface area contributed by atoms with Gasteiger partial charge in [-0.1, -0.05) is 37.5 Å². The van der Waals surface area contributed by atoms with E-state index in [0.29, 0.717) is 18.1 Å². The molecule has 2 atom stereocenters. The molecule has 2 nitrogen and oxygen atoms in total. The molecule has 0 unspecified atom stereocenters. The number of rotatable bonds is 6. The molecule has 0 spiro atoms. The van der Waals surface area contributed by atoms with Gasteiger partial charge in [-0.3, -0.25) is 0 Å². The number of aromatic hydroxyl groups is 1. The van der Waals surface area contributed by atoms with Crippen molar-refractivity contribution >= 4 is 0 Å². The number of fused-ring (bicyclic) bond motifs is 3. The predicted molar refractivity (Wildman–Crippen MR) is 109 cm³/mol. The van der Waals surface area contributed by atoms with Crippen molar-refractivity contribution in [3.63, 3.8) is 0 Å². The Morgan fingerprint density at radius 2 is 2.12 bits per heavy atom. The molecular formula is C24H34O2. The number of unbranched alkanes of at least 4 members (excludes halogenated alkanes) is 2. The van der Waals surface area contributed by atoms with Crippen molar-refractivity contribution in [2.75, 3.05) is 0 Å². The average molecular weight is 355 g/mol. The Hall–Kier alpha value is -1.70. The molecule has 0 radical (unpaired) electrons. The molecule has 2 heteroatoms. The molecule has 1 N–H and O–H groups in total. The van der Waals surface area contributed by atoms with E-state index < -0.39 is 0 Å². The van der Waals surface area contributed by atoms with E-state index in [1.807, 2.05) is 6.08 Å². The molecule has 0 aromatic heterocycles. The molecule has 0 amide bonds. The molecule has 1 aromatic rings. The molecule has 3 rings (SSSR count). The molecule has 1 aliphatic heterocycles. The van der Waals surface area contributed by atoms with E-state index in [1.54, 1.807) is 0 Å². The lowest BCUT2D eigenvalue weighted by Crippen LogP contribution is -2.45. The van der Waals surface area contributed by atoms with Gasteiger partial charge in [0.1, 0.15) is 17.1 Å². The summed E-state index contributed by atoms with van der Waals surface area (Å²) in [6, 6.07) is 2.21. The highest BCUT2D eigenvalue weighted by atomic mass is 16.5. The second-order valence-corrected chi connectivity index (χ2v) is 8.61. The van der Waals surface area contributed by atoms with E-state index in [2.05, 4.69) is 46.4 Å². The summed E-state index contributed by atoms with van der Waals surface area (Å²) in [6.07, 6.45) is 11.8. The van der Waals surface area contributed by atoms with Crippen LogP contribution in [0.2, 0.25) is 0 Å². The van der Waals surface area contributed by atoms with Crippen molar-refractivity contribution in [1.29, 1.82) is 0 Å². The Labute approximate surface area is 159 Å². The minimum Gasteiger partial charge on any atom is -0.507 e. The minimum absolute atomic E-state index is 0.206. The van der Waals surface area contributed by atoms with Crippen LogP contribution in [-0.2, 0) is 12.8 Å². The summed E-state index contributed by atoms with van der Waals surface area (Å²) >= 11 is 0. The zero-order valence-corrected chi connectivity index (χ0v) is 16.9. The Morgan fingerprint density at radius 1 is 1.35 bits per heavy atom. The molecule has 0 bridgehead atoms. The summed E-state index contributed by atoms with van der Waals surface area (Å²) in [5.74, 6) is 1.99. The smallest absolute Gasteiger partial charge is 0.127 e. The largest absolute Gasteiger partial charge is 0.507 e. The quantitative estimate of drug-likeness (QED) is 0.469. The Kier molecular flexibility index (Phi) is 5.50. The van der Waals surface area contributed by atoms with Crippen molar-refractivity contribution in [1.82, 2.24) is 0 Å². The maximum absolute atomic E-state index is 11.2. The molecular weight excluding hydrogens is 320 g/mol. The highest BCUT2D eigenvalue weighted by molar-refractivity contribution is 5.59. The van der Waals surface area contributed by atoms with Gasteiger partial charge in [0.25, 0.3) is 0 Å². The third-order valence-electron chi connectivity index (χ3n) is 6.24. The van der Waals surface area contributed by atoms with Crippen LogP contribution in [0.5, 0.6) is 11.5 Å². The molecule has 26 heavy (non-hydrogen) atoms. The van der Waals surface area contributed by atoms with E-state index in [4.69, 9.17) is 4.74 Å². The summed E-state index contributed by atoms with van der Waals surface area (Å²) in [5.41, 5.74) is 4.49. The van der Waals surface area contributed by atoms with Crippen LogP contribution in [0, 0.1) is 5.92 Å². The average Bonchev–Trinajstić information content (AvgIpc) is 2.57. The van der Waals surface area contributed by atoms with Gasteiger partial charge in [-0.15, -0.1) is 6.58 Å². The molecule has 1 aliphatic carbocycles. The molecule has 142 valence electrons. The van der Waals surface area contributed by atoms with Crippen molar-refractivity contribution < 1.29 is 9.84 Å². The predicted octanol–water partition coefficient (Wildman–Crippen LogP) is 6.46. The van der Waals surface area contributed by atoms with Gasteiger partial charge in [-0.2, -0.15) is 0 Å². The summed E-state index contributed by atoms with van der Waals surface area (Å²) < 4.78 is 6.47. The fourth-order valence-electron chi connectivity index (χ4n) is 4.81. The fourth-order valence-corrected chi connectivity index (χ4v) is 4.81. The van der Waals surface area contributed by atoms with Crippen LogP contribution in [0.1, 0.15) is 82.4 Å². The van der Waals surface area contributed by atoms with E-state index in [1.165, 1.54) is 24.0 Å². The second kappa shape index (κ2) is 7.50. The van der Waals surface area contributed by atoms with Gasteiger partial charge in [-0.05, 0) is 64.5 Å². The zero-order chi connectivity index (χ0) is 18.9. The highest BCUT2D eigenvalue weighted by Gasteiger charge is 2.45. The van der Waals surface area contributed by atoms with Crippen molar-refractivity contribution in [2.24, 2.45) is 5.92 Å². The van der Waals surface area contributed by atoms with Crippen LogP contribution in [0.15, 0.2) is 30.4 Å². The number of hydrogen-bond acceptors (Lipinski definition) is 2. The van der Waals surface area contributed by atoms with Gasteiger partial charge in [0.2, 0.25) is 0 Å². The minimum atomic E-state index is -0.206. The number of phenolic OH excluding ortho intramolecular Hbond substituents is 1. The lowest BCUT2D eigenvalue weighted by molar-refractivity contribution is 0.0106. The Morgan fingerprint density at radius 3 is 2.81 bits per heavy atom. The molecule has 1 aromatic carbocycles. The maximum Gasteiger partial charge on any atom is 0.127 e. The van der Waals surface area contributed by atoms with Gasteiger partial charge in [-0.25, -0.2) is 0 Å². The third kappa shape index (κ3) is 3.43. The normalized spacial score (nSPS) is 23.5. The Balaban J connectivity index is 2.12. The fraction of sp³-hybridized carbons (Fsp3) is 0.583. The van der Waals surface area contributed by atoms with Crippen molar-refractivity contribution in [2.45, 2.75) is 84.2 Å². The van der Waals surface area contributed by atoms with Gasteiger partial charge in [0.15, 0.2) is 0 Å². The van der Waals surface area contributed by atoms with E-state index in [-0.39, 0.29) is 11.5 Å². The lowest BCUT2D eigenvalue weighted by atomic mass is 9.67. The van der Waals surface area contributed by atoms with Crippen LogP contribution >= 0.6 is 0 Å². The standard InChI is InChI=1S/C24H34O2/c1-6-8-9-11-17-15-21-22(23(25)18(17)10-7-2)19-14-16(3)12-13-20(19)24(4,5)26-21/h7,14-15,19-20,25H,2,6,8-13H2,1,3-5H3/t19-,20-/m1/s1. The molecule has 0 saturated heterocycles. The van der Waals surface area contributed by atoms with E-state index >= 15 is 0 Å². The molecule has 2 aliphatic rings. The first-order chi connectivity index (χ1) is 12.4. The van der Waals surface area contributed by atoms with Crippen LogP contribution in [0.4, 0.5) is 0 Å². The van der Waals surface area contributed by atoms with Crippen LogP contribution < -0.4 is 4.74 Å². The molecule has 0 saturated carbocycles. The van der Waals surface area contributed by atoms with Crippen LogP contribution in [-0.4, -0.2) is 10.7 Å².